The molecule has 2 atom stereocenters. The van der Waals surface area contributed by atoms with Gasteiger partial charge in [-0.2, -0.15) is 36.1 Å². The van der Waals surface area contributed by atoms with Crippen molar-refractivity contribution in [2.24, 2.45) is 11.8 Å². The molecule has 4 aromatic carbocycles. The summed E-state index contributed by atoms with van der Waals surface area (Å²) < 4.78 is 0. The molecule has 0 fully saturated rings. The first kappa shape index (κ1) is 41.0. The Hall–Kier alpha value is -3.78. The van der Waals surface area contributed by atoms with E-state index in [9.17, 15) is 0 Å². The first-order valence-corrected chi connectivity index (χ1v) is 23.0. The van der Waals surface area contributed by atoms with E-state index < -0.39 is 5.43 Å². The van der Waals surface area contributed by atoms with Gasteiger partial charge in [0, 0.05) is 0 Å². The minimum atomic E-state index is -0.455. The predicted octanol–water partition coefficient (Wildman–Crippen LogP) is 4.82. The fourth-order valence-electron chi connectivity index (χ4n) is 6.53. The van der Waals surface area contributed by atoms with Gasteiger partial charge in [0.1, 0.15) is 0 Å². The van der Waals surface area contributed by atoms with Crippen molar-refractivity contribution in [3.8, 4) is 0 Å². The summed E-state index contributed by atoms with van der Waals surface area (Å²) in [5.41, 5.74) is 10.3. The quantitative estimate of drug-likeness (QED) is 0.194. The first-order valence-electron chi connectivity index (χ1n) is 17.8. The Morgan fingerprint density at radius 1 is 0.462 bits per heavy atom. The summed E-state index contributed by atoms with van der Waals surface area (Å²) in [6.07, 6.45) is 29.3. The van der Waals surface area contributed by atoms with Gasteiger partial charge in [0.05, 0.1) is 0 Å². The molecule has 4 heteroatoms. The zero-order valence-electron chi connectivity index (χ0n) is 29.8. The minimum absolute atomic E-state index is 0. The average molecular weight is 811 g/mol. The van der Waals surface area contributed by atoms with Gasteiger partial charge in [-0.1, -0.05) is 135 Å². The van der Waals surface area contributed by atoms with Gasteiger partial charge in [-0.15, -0.1) is 35.5 Å². The van der Waals surface area contributed by atoms with E-state index in [0.717, 1.165) is 0 Å². The van der Waals surface area contributed by atoms with E-state index in [0.29, 0.717) is 11.8 Å². The van der Waals surface area contributed by atoms with E-state index in [1.807, 2.05) is 0 Å². The molecule has 0 N–H and O–H groups in total. The second-order valence-electron chi connectivity index (χ2n) is 12.7. The van der Waals surface area contributed by atoms with Gasteiger partial charge in [0.15, 0.2) is 0 Å². The first-order chi connectivity index (χ1) is 24.6. The summed E-state index contributed by atoms with van der Waals surface area (Å²) in [4.78, 5) is 0. The van der Waals surface area contributed by atoms with Gasteiger partial charge in [-0.05, 0) is 11.1 Å². The van der Waals surface area contributed by atoms with Crippen LogP contribution >= 0.6 is 0 Å². The summed E-state index contributed by atoms with van der Waals surface area (Å²) in [7, 11) is 0. The van der Waals surface area contributed by atoms with Crippen molar-refractivity contribution in [2.45, 2.75) is 26.7 Å². The van der Waals surface area contributed by atoms with Crippen LogP contribution in [0.2, 0.25) is 0 Å². The fraction of sp³-hybridized carbons (Fsp3) is 0.125. The van der Waals surface area contributed by atoms with Crippen molar-refractivity contribution in [3.63, 3.8) is 0 Å². The van der Waals surface area contributed by atoms with E-state index in [2.05, 4.69) is 209 Å². The van der Waals surface area contributed by atoms with Gasteiger partial charge in [-0.25, -0.2) is 0 Å². The monoisotopic (exact) mass is 808 g/mol. The Morgan fingerprint density at radius 2 is 0.788 bits per heavy atom. The molecule has 0 aromatic heterocycles. The molecule has 0 amide bonds. The van der Waals surface area contributed by atoms with Gasteiger partial charge in [-0.3, -0.25) is 0 Å². The molecule has 0 saturated carbocycles. The summed E-state index contributed by atoms with van der Waals surface area (Å²) >= 11 is 1.64. The van der Waals surface area contributed by atoms with Crippen LogP contribution in [0, 0.1) is 24.7 Å². The molecular formula is C48H44Cl2SiZr-2. The number of hydrogen-bond donors (Lipinski definition) is 0. The standard InChI is InChI=1S/2C18H17.C12H10Si.2ClH.Zr/c2*1-2-14-12-16-10-6-7-11-17(18(16)13-14)15-8-4-3-5-9-15;1-3-7-11(8-4-1)13-12-9-5-2-6-10-12;;;/h2*3-14H,2H2,1H3;1-10H;2*1H;/q2*-1;;;;+2/p-2. The van der Waals surface area contributed by atoms with Crippen LogP contribution in [0.3, 0.4) is 0 Å². The molecule has 0 bridgehead atoms. The number of hydrogen-bond acceptors (Lipinski definition) is 0. The van der Waals surface area contributed by atoms with Gasteiger partial charge in [0.2, 0.25) is 0 Å². The Bertz CT molecular complexity index is 1870. The van der Waals surface area contributed by atoms with Crippen molar-refractivity contribution in [1.82, 2.24) is 0 Å². The molecule has 0 aliphatic heterocycles. The van der Waals surface area contributed by atoms with E-state index >= 15 is 0 Å². The normalized spacial score (nSPS) is 17.5. The van der Waals surface area contributed by atoms with Crippen molar-refractivity contribution >= 4 is 27.0 Å². The van der Waals surface area contributed by atoms with Crippen LogP contribution in [0.5, 0.6) is 0 Å². The molecule has 260 valence electrons. The van der Waals surface area contributed by atoms with Crippen LogP contribution in [-0.2, 0) is 23.3 Å². The Morgan fingerprint density at radius 3 is 1.13 bits per heavy atom. The number of halogens is 2. The molecule has 0 saturated heterocycles. The van der Waals surface area contributed by atoms with Crippen molar-refractivity contribution in [1.29, 1.82) is 0 Å². The Labute approximate surface area is 339 Å². The molecule has 8 rings (SSSR count). The van der Waals surface area contributed by atoms with Crippen LogP contribution in [0.25, 0.3) is 11.1 Å². The third-order valence-electron chi connectivity index (χ3n) is 9.29. The van der Waals surface area contributed by atoms with Crippen LogP contribution in [0.15, 0.2) is 204 Å². The maximum absolute atomic E-state index is 2.40. The summed E-state index contributed by atoms with van der Waals surface area (Å²) in [5.74, 6) is 1.18. The molecule has 4 aliphatic carbocycles. The van der Waals surface area contributed by atoms with Crippen molar-refractivity contribution in [3.05, 3.63) is 228 Å². The maximum atomic E-state index is 2.40. The fourth-order valence-corrected chi connectivity index (χ4v) is 10.4. The van der Waals surface area contributed by atoms with Crippen LogP contribution in [0.1, 0.15) is 37.8 Å². The van der Waals surface area contributed by atoms with Crippen molar-refractivity contribution in [2.75, 3.05) is 0 Å². The van der Waals surface area contributed by atoms with Gasteiger partial charge in [0.25, 0.3) is 0 Å². The summed E-state index contributed by atoms with van der Waals surface area (Å²) in [5, 5.41) is 3.03. The molecule has 0 nitrogen and oxygen atoms in total. The number of benzene rings is 4. The van der Waals surface area contributed by atoms with Crippen LogP contribution in [0.4, 0.5) is 0 Å². The zero-order valence-corrected chi connectivity index (χ0v) is 34.8. The Balaban J connectivity index is 0.000000173. The van der Waals surface area contributed by atoms with Crippen LogP contribution in [-0.4, -0.2) is 5.43 Å². The van der Waals surface area contributed by atoms with Gasteiger partial charge < -0.3 is 24.8 Å². The molecular weight excluding hydrogens is 767 g/mol. The molecule has 4 aliphatic rings. The summed E-state index contributed by atoms with van der Waals surface area (Å²) in [6, 6.07) is 43.0. The number of fused-ring (bicyclic) bond motifs is 2. The van der Waals surface area contributed by atoms with E-state index in [1.165, 1.54) is 67.8 Å². The summed E-state index contributed by atoms with van der Waals surface area (Å²) in [6.45, 7) is 4.48. The topological polar surface area (TPSA) is 0 Å². The molecule has 52 heavy (non-hydrogen) atoms. The number of rotatable bonds is 6. The molecule has 0 spiro atoms. The predicted molar refractivity (Wildman–Crippen MR) is 214 cm³/mol. The third-order valence-corrected chi connectivity index (χ3v) is 15.4. The van der Waals surface area contributed by atoms with E-state index in [1.54, 1.807) is 23.3 Å². The van der Waals surface area contributed by atoms with E-state index in [4.69, 9.17) is 0 Å². The zero-order chi connectivity index (χ0) is 34.5. The van der Waals surface area contributed by atoms with Gasteiger partial charge >= 0.3 is 99.8 Å². The second-order valence-corrected chi connectivity index (χ2v) is 18.2. The van der Waals surface area contributed by atoms with E-state index in [-0.39, 0.29) is 24.8 Å². The SMILES string of the molecule is CCC1C=C2C(=CC=CC=C2c2ccccc2)[CH-]1.CCC1C=C2C(=CC=CC=C2c2ccccc2)[CH-]1.[Cl-].[Cl-].[Zr+2]=[Si](c1ccccc1)c1ccccc1. The number of allylic oxidation sites excluding steroid dienone is 16. The molecule has 4 aromatic rings. The van der Waals surface area contributed by atoms with Crippen molar-refractivity contribution < 1.29 is 48.1 Å². The third kappa shape index (κ3) is 10.6. The second kappa shape index (κ2) is 21.1. The Kier molecular flexibility index (Phi) is 16.6. The molecule has 2 unspecified atom stereocenters. The molecule has 0 radical (unpaired) electrons. The molecule has 0 heterocycles. The average Bonchev–Trinajstić information content (AvgIpc) is 3.67. The van der Waals surface area contributed by atoms with Crippen LogP contribution < -0.4 is 35.2 Å².